The van der Waals surface area contributed by atoms with Gasteiger partial charge < -0.3 is 10.6 Å². The third-order valence-corrected chi connectivity index (χ3v) is 4.05. The van der Waals surface area contributed by atoms with Gasteiger partial charge in [0.15, 0.2) is 0 Å². The summed E-state index contributed by atoms with van der Waals surface area (Å²) in [6, 6.07) is 13.8. The maximum absolute atomic E-state index is 13.6. The highest BCUT2D eigenvalue weighted by molar-refractivity contribution is 6.30. The van der Waals surface area contributed by atoms with Crippen molar-refractivity contribution in [1.82, 2.24) is 4.98 Å². The normalized spacial score (nSPS) is 10.5. The summed E-state index contributed by atoms with van der Waals surface area (Å²) >= 11 is 5.95. The van der Waals surface area contributed by atoms with E-state index in [4.69, 9.17) is 11.6 Å². The molecule has 138 valence electrons. The van der Waals surface area contributed by atoms with Gasteiger partial charge in [-0.15, -0.1) is 0 Å². The van der Waals surface area contributed by atoms with Gasteiger partial charge in [0.2, 0.25) is 0 Å². The standard InChI is InChI=1S/C20H16ClF2N3O/c21-15-3-1-2-13(10-15)8-9-24-19-7-4-14(12-25-19)20(27)26-18-6-5-16(22)11-17(18)23/h1-7,10-12H,8-9H2,(H,24,25)(H,26,27). The molecule has 1 heterocycles. The molecule has 1 aromatic heterocycles. The Morgan fingerprint density at radius 1 is 1.07 bits per heavy atom. The fourth-order valence-corrected chi connectivity index (χ4v) is 2.66. The van der Waals surface area contributed by atoms with Crippen LogP contribution in [0.5, 0.6) is 0 Å². The molecule has 3 aromatic rings. The van der Waals surface area contributed by atoms with Crippen molar-refractivity contribution in [1.29, 1.82) is 0 Å². The van der Waals surface area contributed by atoms with Crippen LogP contribution in [0.4, 0.5) is 20.3 Å². The molecule has 0 atom stereocenters. The lowest BCUT2D eigenvalue weighted by atomic mass is 10.1. The highest BCUT2D eigenvalue weighted by Gasteiger charge is 2.10. The van der Waals surface area contributed by atoms with Crippen LogP contribution in [0.15, 0.2) is 60.8 Å². The van der Waals surface area contributed by atoms with Gasteiger partial charge in [-0.25, -0.2) is 13.8 Å². The van der Waals surface area contributed by atoms with Crippen LogP contribution in [0.1, 0.15) is 15.9 Å². The highest BCUT2D eigenvalue weighted by atomic mass is 35.5. The summed E-state index contributed by atoms with van der Waals surface area (Å²) in [6.45, 7) is 0.652. The summed E-state index contributed by atoms with van der Waals surface area (Å²) in [6.07, 6.45) is 2.16. The monoisotopic (exact) mass is 387 g/mol. The Balaban J connectivity index is 1.55. The lowest BCUT2D eigenvalue weighted by molar-refractivity contribution is 0.102. The molecule has 0 unspecified atom stereocenters. The minimum absolute atomic E-state index is 0.0925. The van der Waals surface area contributed by atoms with E-state index in [0.29, 0.717) is 23.5 Å². The Morgan fingerprint density at radius 3 is 2.63 bits per heavy atom. The van der Waals surface area contributed by atoms with E-state index in [1.54, 1.807) is 12.1 Å². The molecule has 0 saturated carbocycles. The maximum Gasteiger partial charge on any atom is 0.257 e. The second-order valence-corrected chi connectivity index (χ2v) is 6.25. The van der Waals surface area contributed by atoms with E-state index >= 15 is 0 Å². The molecule has 0 aliphatic heterocycles. The second-order valence-electron chi connectivity index (χ2n) is 5.82. The second kappa shape index (κ2) is 8.60. The SMILES string of the molecule is O=C(Nc1ccc(F)cc1F)c1ccc(NCCc2cccc(Cl)c2)nc1. The number of halogens is 3. The van der Waals surface area contributed by atoms with Crippen LogP contribution in [0.25, 0.3) is 0 Å². The molecule has 0 saturated heterocycles. The third-order valence-electron chi connectivity index (χ3n) is 3.81. The molecule has 0 aliphatic rings. The first kappa shape index (κ1) is 18.8. The van der Waals surface area contributed by atoms with E-state index in [0.717, 1.165) is 18.1 Å². The fourth-order valence-electron chi connectivity index (χ4n) is 2.45. The van der Waals surface area contributed by atoms with Gasteiger partial charge in [0.1, 0.15) is 17.5 Å². The van der Waals surface area contributed by atoms with Crippen LogP contribution in [0, 0.1) is 11.6 Å². The first-order valence-corrected chi connectivity index (χ1v) is 8.60. The van der Waals surface area contributed by atoms with E-state index in [9.17, 15) is 13.6 Å². The first-order valence-electron chi connectivity index (χ1n) is 8.22. The van der Waals surface area contributed by atoms with Crippen LogP contribution >= 0.6 is 11.6 Å². The lowest BCUT2D eigenvalue weighted by Crippen LogP contribution is -2.14. The topological polar surface area (TPSA) is 54.0 Å². The molecule has 0 fully saturated rings. The Bertz CT molecular complexity index is 948. The highest BCUT2D eigenvalue weighted by Crippen LogP contribution is 2.16. The van der Waals surface area contributed by atoms with E-state index in [1.165, 1.54) is 12.3 Å². The van der Waals surface area contributed by atoms with Gasteiger partial charge in [0.05, 0.1) is 11.3 Å². The number of nitrogens with zero attached hydrogens (tertiary/aromatic N) is 1. The van der Waals surface area contributed by atoms with Crippen molar-refractivity contribution in [3.05, 3.63) is 88.6 Å². The molecule has 0 radical (unpaired) electrons. The zero-order valence-corrected chi connectivity index (χ0v) is 14.9. The number of anilines is 2. The Hall–Kier alpha value is -2.99. The van der Waals surface area contributed by atoms with Crippen molar-refractivity contribution in [3.8, 4) is 0 Å². The van der Waals surface area contributed by atoms with Gasteiger partial charge in [-0.05, 0) is 48.4 Å². The molecule has 27 heavy (non-hydrogen) atoms. The van der Waals surface area contributed by atoms with E-state index < -0.39 is 17.5 Å². The lowest BCUT2D eigenvalue weighted by Gasteiger charge is -2.08. The number of carbonyl (C=O) groups is 1. The van der Waals surface area contributed by atoms with Gasteiger partial charge in [-0.1, -0.05) is 23.7 Å². The molecule has 2 aromatic carbocycles. The maximum atomic E-state index is 13.6. The average Bonchev–Trinajstić information content (AvgIpc) is 2.64. The van der Waals surface area contributed by atoms with E-state index in [2.05, 4.69) is 15.6 Å². The fraction of sp³-hybridized carbons (Fsp3) is 0.100. The summed E-state index contributed by atoms with van der Waals surface area (Å²) in [5, 5.41) is 6.24. The molecule has 2 N–H and O–H groups in total. The average molecular weight is 388 g/mol. The predicted octanol–water partition coefficient (Wildman–Crippen LogP) is 4.92. The molecule has 3 rings (SSSR count). The molecule has 4 nitrogen and oxygen atoms in total. The summed E-state index contributed by atoms with van der Waals surface area (Å²) in [7, 11) is 0. The summed E-state index contributed by atoms with van der Waals surface area (Å²) < 4.78 is 26.5. The smallest absolute Gasteiger partial charge is 0.257 e. The van der Waals surface area contributed by atoms with Crippen molar-refractivity contribution in [2.24, 2.45) is 0 Å². The van der Waals surface area contributed by atoms with Crippen LogP contribution < -0.4 is 10.6 Å². The van der Waals surface area contributed by atoms with Gasteiger partial charge in [-0.2, -0.15) is 0 Å². The number of rotatable bonds is 6. The van der Waals surface area contributed by atoms with Crippen molar-refractivity contribution < 1.29 is 13.6 Å². The number of nitrogens with one attached hydrogen (secondary N) is 2. The summed E-state index contributed by atoms with van der Waals surface area (Å²) in [5.41, 5.74) is 1.27. The largest absolute Gasteiger partial charge is 0.370 e. The van der Waals surface area contributed by atoms with Gasteiger partial charge >= 0.3 is 0 Å². The van der Waals surface area contributed by atoms with E-state index in [1.807, 2.05) is 24.3 Å². The molecule has 0 spiro atoms. The molecule has 1 amide bonds. The van der Waals surface area contributed by atoms with E-state index in [-0.39, 0.29) is 11.3 Å². The van der Waals surface area contributed by atoms with Crippen molar-refractivity contribution in [3.63, 3.8) is 0 Å². The molecular weight excluding hydrogens is 372 g/mol. The zero-order valence-electron chi connectivity index (χ0n) is 14.2. The molecular formula is C20H16ClF2N3O. The number of pyridine rings is 1. The predicted molar refractivity (Wildman–Crippen MR) is 102 cm³/mol. The Morgan fingerprint density at radius 2 is 1.93 bits per heavy atom. The number of hydrogen-bond donors (Lipinski definition) is 2. The zero-order chi connectivity index (χ0) is 19.2. The van der Waals surface area contributed by atoms with Crippen LogP contribution in [-0.2, 0) is 6.42 Å². The molecule has 0 aliphatic carbocycles. The quantitative estimate of drug-likeness (QED) is 0.631. The number of carbonyl (C=O) groups excluding carboxylic acids is 1. The van der Waals surface area contributed by atoms with Crippen molar-refractivity contribution in [2.75, 3.05) is 17.2 Å². The number of benzene rings is 2. The van der Waals surface area contributed by atoms with Gasteiger partial charge in [-0.3, -0.25) is 4.79 Å². The Kier molecular flexibility index (Phi) is 5.98. The van der Waals surface area contributed by atoms with Gasteiger partial charge in [0, 0.05) is 23.8 Å². The number of aromatic nitrogens is 1. The van der Waals surface area contributed by atoms with Crippen molar-refractivity contribution in [2.45, 2.75) is 6.42 Å². The minimum Gasteiger partial charge on any atom is -0.370 e. The summed E-state index contributed by atoms with van der Waals surface area (Å²) in [5.74, 6) is -1.46. The van der Waals surface area contributed by atoms with Crippen LogP contribution in [0.3, 0.4) is 0 Å². The van der Waals surface area contributed by atoms with Gasteiger partial charge in [0.25, 0.3) is 5.91 Å². The van der Waals surface area contributed by atoms with Crippen LogP contribution in [-0.4, -0.2) is 17.4 Å². The number of amides is 1. The minimum atomic E-state index is -0.837. The molecule has 7 heteroatoms. The molecule has 0 bridgehead atoms. The van der Waals surface area contributed by atoms with Crippen molar-refractivity contribution >= 4 is 29.0 Å². The third kappa shape index (κ3) is 5.24. The summed E-state index contributed by atoms with van der Waals surface area (Å²) in [4.78, 5) is 16.3. The van der Waals surface area contributed by atoms with Crippen LogP contribution in [0.2, 0.25) is 5.02 Å². The number of hydrogen-bond acceptors (Lipinski definition) is 3. The Labute approximate surface area is 160 Å². The first-order chi connectivity index (χ1) is 13.0.